The number of piperazine rings is 1. The van der Waals surface area contributed by atoms with Crippen LogP contribution in [0.15, 0.2) is 48.8 Å². The van der Waals surface area contributed by atoms with Gasteiger partial charge < -0.3 is 15.1 Å². The number of fused-ring (bicyclic) bond motifs is 1. The molecule has 5 heterocycles. The minimum atomic E-state index is -4.74. The number of carbonyl (C=O) groups excluding carboxylic acids is 5. The van der Waals surface area contributed by atoms with Crippen molar-refractivity contribution in [2.24, 2.45) is 5.41 Å². The molecular formula is C40H42F3N9O5. The minimum Gasteiger partial charge on any atom is -0.369 e. The molecule has 0 bridgehead atoms. The first kappa shape index (κ1) is 38.1. The number of nitrogens with one attached hydrogen (secondary N) is 2. The number of halogens is 3. The van der Waals surface area contributed by atoms with E-state index < -0.39 is 58.4 Å². The first-order chi connectivity index (χ1) is 27.1. The number of benzene rings is 2. The second-order valence-electron chi connectivity index (χ2n) is 16.3. The predicted octanol–water partition coefficient (Wildman–Crippen LogP) is 4.12. The van der Waals surface area contributed by atoms with E-state index in [1.807, 2.05) is 6.07 Å². The molecule has 57 heavy (non-hydrogen) atoms. The van der Waals surface area contributed by atoms with E-state index in [9.17, 15) is 37.1 Å². The second-order valence-corrected chi connectivity index (χ2v) is 16.3. The van der Waals surface area contributed by atoms with Crippen LogP contribution in [-0.4, -0.2) is 100 Å². The number of hydrogen-bond donors (Lipinski definition) is 2. The van der Waals surface area contributed by atoms with Gasteiger partial charge in [-0.1, -0.05) is 0 Å². The van der Waals surface area contributed by atoms with E-state index in [-0.39, 0.29) is 35.1 Å². The molecular weight excluding hydrogens is 743 g/mol. The molecule has 1 saturated carbocycles. The lowest BCUT2D eigenvalue weighted by Gasteiger charge is -2.56. The molecule has 4 aliphatic heterocycles. The Kier molecular flexibility index (Phi) is 9.37. The van der Waals surface area contributed by atoms with Crippen molar-refractivity contribution in [3.05, 3.63) is 71.0 Å². The summed E-state index contributed by atoms with van der Waals surface area (Å²) in [6, 6.07) is 9.38. The Hall–Kier alpha value is -5.76. The Balaban J connectivity index is 0.816. The van der Waals surface area contributed by atoms with Crippen molar-refractivity contribution in [1.82, 2.24) is 24.9 Å². The Labute approximate surface area is 326 Å². The van der Waals surface area contributed by atoms with Crippen molar-refractivity contribution in [3.63, 3.8) is 0 Å². The third kappa shape index (κ3) is 6.89. The van der Waals surface area contributed by atoms with Crippen LogP contribution in [-0.2, 0) is 26.1 Å². The lowest BCUT2D eigenvalue weighted by molar-refractivity contribution is -0.138. The molecule has 0 radical (unpaired) electrons. The Morgan fingerprint density at radius 3 is 2.26 bits per heavy atom. The number of piperidine rings is 2. The fourth-order valence-corrected chi connectivity index (χ4v) is 8.97. The van der Waals surface area contributed by atoms with Crippen molar-refractivity contribution < 1.29 is 37.1 Å². The number of alkyl halides is 3. The maximum atomic E-state index is 13.5. The summed E-state index contributed by atoms with van der Waals surface area (Å²) in [4.78, 5) is 71.8. The molecule has 1 aliphatic carbocycles. The van der Waals surface area contributed by atoms with Crippen LogP contribution < -0.4 is 20.4 Å². The zero-order valence-corrected chi connectivity index (χ0v) is 31.6. The number of hydrogen-bond acceptors (Lipinski definition) is 10. The minimum absolute atomic E-state index is 0.0640. The molecule has 1 aromatic heterocycles. The first-order valence-corrected chi connectivity index (χ1v) is 19.1. The quantitative estimate of drug-likeness (QED) is 0.333. The number of nitriles is 1. The molecule has 298 valence electrons. The molecule has 1 spiro atoms. The van der Waals surface area contributed by atoms with Crippen LogP contribution in [0.2, 0.25) is 0 Å². The third-order valence-electron chi connectivity index (χ3n) is 12.5. The van der Waals surface area contributed by atoms with Crippen LogP contribution in [0, 0.1) is 16.7 Å². The molecule has 1 atom stereocenters. The molecule has 8 rings (SSSR count). The lowest BCUT2D eigenvalue weighted by atomic mass is 9.60. The van der Waals surface area contributed by atoms with Gasteiger partial charge in [-0.2, -0.15) is 23.5 Å². The van der Waals surface area contributed by atoms with Crippen molar-refractivity contribution in [1.29, 1.82) is 5.26 Å². The second kappa shape index (κ2) is 14.0. The van der Waals surface area contributed by atoms with Gasteiger partial charge in [-0.3, -0.25) is 43.8 Å². The average Bonchev–Trinajstić information content (AvgIpc) is 3.77. The molecule has 4 fully saturated rings. The van der Waals surface area contributed by atoms with Gasteiger partial charge in [-0.05, 0) is 87.8 Å². The maximum Gasteiger partial charge on any atom is 0.417 e. The van der Waals surface area contributed by atoms with Gasteiger partial charge in [0.1, 0.15) is 11.6 Å². The molecule has 2 N–H and O–H groups in total. The van der Waals surface area contributed by atoms with Gasteiger partial charge in [0.15, 0.2) is 0 Å². The summed E-state index contributed by atoms with van der Waals surface area (Å²) < 4.78 is 41.9. The summed E-state index contributed by atoms with van der Waals surface area (Å²) in [5.74, 6) is -2.61. The van der Waals surface area contributed by atoms with E-state index in [0.717, 1.165) is 93.4 Å². The van der Waals surface area contributed by atoms with Crippen LogP contribution in [0.4, 0.5) is 30.2 Å². The standard InChI is InChI=1S/C40H42F3N9O5/c1-38(2,37(57)46-25-4-3-24(21-44)31(17-25)40(41,42)43)51-23-28(22-45-51)48-11-9-39(10-12-48)19-27(20-39)50-15-13-49(14-16-50)26-5-6-29-30(18-26)36(56)52(35(29)55)32-7-8-33(53)47-34(32)54/h3-6,17-18,22-23,27,32H,7-16,19-20H2,1-2H3,(H,46,57)(H,47,53,54). The number of nitrogens with zero attached hydrogens (tertiary/aromatic N) is 7. The fraction of sp³-hybridized carbons (Fsp3) is 0.475. The van der Waals surface area contributed by atoms with E-state index in [1.165, 1.54) is 10.7 Å². The van der Waals surface area contributed by atoms with E-state index in [1.54, 1.807) is 44.4 Å². The fourth-order valence-electron chi connectivity index (χ4n) is 8.97. The van der Waals surface area contributed by atoms with Gasteiger partial charge in [0.25, 0.3) is 17.7 Å². The van der Waals surface area contributed by atoms with Gasteiger partial charge >= 0.3 is 6.18 Å². The topological polar surface area (TPSA) is 164 Å². The lowest BCUT2D eigenvalue weighted by Crippen LogP contribution is -2.59. The van der Waals surface area contributed by atoms with E-state index in [2.05, 4.69) is 30.4 Å². The Morgan fingerprint density at radius 1 is 0.912 bits per heavy atom. The van der Waals surface area contributed by atoms with Gasteiger partial charge in [0.2, 0.25) is 11.8 Å². The number of rotatable bonds is 7. The summed E-state index contributed by atoms with van der Waals surface area (Å²) in [7, 11) is 0. The van der Waals surface area contributed by atoms with Crippen LogP contribution >= 0.6 is 0 Å². The number of aromatic nitrogens is 2. The number of amides is 5. The average molecular weight is 786 g/mol. The highest BCUT2D eigenvalue weighted by Crippen LogP contribution is 2.51. The van der Waals surface area contributed by atoms with Crippen LogP contribution in [0.25, 0.3) is 0 Å². The highest BCUT2D eigenvalue weighted by Gasteiger charge is 2.49. The van der Waals surface area contributed by atoms with Crippen LogP contribution in [0.1, 0.15) is 84.2 Å². The summed E-state index contributed by atoms with van der Waals surface area (Å²) in [5.41, 5.74) is -0.365. The SMILES string of the molecule is CC(C)(C(=O)Nc1ccc(C#N)c(C(F)(F)F)c1)n1cc(N2CCC3(CC2)CC(N2CCN(c4ccc5c(c4)C(=O)N(C4CCC(=O)NC4=O)C5=O)CC2)C3)cn1. The zero-order valence-electron chi connectivity index (χ0n) is 31.6. The molecule has 3 aromatic rings. The van der Waals surface area contributed by atoms with Crippen LogP contribution in [0.5, 0.6) is 0 Å². The van der Waals surface area contributed by atoms with Crippen LogP contribution in [0.3, 0.4) is 0 Å². The van der Waals surface area contributed by atoms with Gasteiger partial charge in [-0.25, -0.2) is 0 Å². The third-order valence-corrected chi connectivity index (χ3v) is 12.5. The summed E-state index contributed by atoms with van der Waals surface area (Å²) in [6.07, 6.45) is 3.23. The van der Waals surface area contributed by atoms with E-state index in [0.29, 0.717) is 6.04 Å². The number of imide groups is 2. The van der Waals surface area contributed by atoms with Gasteiger partial charge in [0.05, 0.1) is 40.2 Å². The molecule has 5 amide bonds. The van der Waals surface area contributed by atoms with Gasteiger partial charge in [0, 0.05) is 69.3 Å². The highest BCUT2D eigenvalue weighted by atomic mass is 19.4. The monoisotopic (exact) mass is 785 g/mol. The molecule has 14 nitrogen and oxygen atoms in total. The largest absolute Gasteiger partial charge is 0.417 e. The van der Waals surface area contributed by atoms with Crippen molar-refractivity contribution >= 4 is 46.6 Å². The van der Waals surface area contributed by atoms with Crippen molar-refractivity contribution in [3.8, 4) is 6.07 Å². The van der Waals surface area contributed by atoms with Crippen molar-refractivity contribution in [2.75, 3.05) is 54.4 Å². The van der Waals surface area contributed by atoms with Gasteiger partial charge in [-0.15, -0.1) is 0 Å². The smallest absolute Gasteiger partial charge is 0.369 e. The first-order valence-electron chi connectivity index (χ1n) is 19.1. The molecule has 17 heteroatoms. The molecule has 1 unspecified atom stereocenters. The molecule has 5 aliphatic rings. The number of anilines is 3. The Morgan fingerprint density at radius 2 is 1.60 bits per heavy atom. The summed E-state index contributed by atoms with van der Waals surface area (Å²) >= 11 is 0. The summed E-state index contributed by atoms with van der Waals surface area (Å²) in [5, 5.41) is 18.3. The van der Waals surface area contributed by atoms with E-state index in [4.69, 9.17) is 5.26 Å². The Bertz CT molecular complexity index is 2200. The number of carbonyl (C=O) groups is 5. The summed E-state index contributed by atoms with van der Waals surface area (Å²) in [6.45, 7) is 8.25. The maximum absolute atomic E-state index is 13.5. The van der Waals surface area contributed by atoms with E-state index >= 15 is 0 Å². The highest BCUT2D eigenvalue weighted by molar-refractivity contribution is 6.23. The normalized spacial score (nSPS) is 21.7. The molecule has 2 aromatic carbocycles. The zero-order chi connectivity index (χ0) is 40.4. The predicted molar refractivity (Wildman–Crippen MR) is 200 cm³/mol. The molecule has 3 saturated heterocycles. The van der Waals surface area contributed by atoms with Crippen molar-refractivity contribution in [2.45, 2.75) is 76.2 Å².